The lowest BCUT2D eigenvalue weighted by Crippen LogP contribution is -2.27. The third-order valence-electron chi connectivity index (χ3n) is 2.21. The largest absolute Gasteiger partial charge is 0.327 e. The molecule has 0 aliphatic rings. The molecule has 0 spiro atoms. The van der Waals surface area contributed by atoms with Gasteiger partial charge in [0.05, 0.1) is 11.6 Å². The summed E-state index contributed by atoms with van der Waals surface area (Å²) in [6, 6.07) is 0. The molecule has 0 atom stereocenters. The highest BCUT2D eigenvalue weighted by molar-refractivity contribution is 6.43. The summed E-state index contributed by atoms with van der Waals surface area (Å²) in [6.07, 6.45) is 10.8. The summed E-state index contributed by atoms with van der Waals surface area (Å²) in [5.74, 6) is 0.263. The Bertz CT molecular complexity index is 239. The van der Waals surface area contributed by atoms with Crippen molar-refractivity contribution in [1.82, 2.24) is 10.9 Å². The summed E-state index contributed by atoms with van der Waals surface area (Å²) >= 11 is 5.54. The van der Waals surface area contributed by atoms with E-state index in [4.69, 9.17) is 17.0 Å². The van der Waals surface area contributed by atoms with Crippen molar-refractivity contribution in [2.45, 2.75) is 39.0 Å². The average Bonchev–Trinajstić information content (AvgIpc) is 2.36. The van der Waals surface area contributed by atoms with E-state index in [-0.39, 0.29) is 5.88 Å². The second-order valence-electron chi connectivity index (χ2n) is 3.70. The first-order valence-corrected chi connectivity index (χ1v) is 6.65. The highest BCUT2D eigenvalue weighted by atomic mass is 35.5. The molecule has 0 saturated heterocycles. The normalized spacial score (nSPS) is 12.0. The molecule has 4 nitrogen and oxygen atoms in total. The van der Waals surface area contributed by atoms with Crippen LogP contribution in [0, 0.1) is 5.41 Å². The van der Waals surface area contributed by atoms with Crippen LogP contribution in [0.3, 0.4) is 0 Å². The molecular weight excluding hydrogens is 236 g/mol. The standard InChI is InChI=1S/C12H23ClN4/c1-2-3-4-5-6-7-16-17-9-8-15-12(10-13)11-14/h8-9,11,14,16-17H,2-7,10H2,1H3/b9-8-,14-11?,15-12+. The second kappa shape index (κ2) is 13.2. The molecule has 0 fully saturated rings. The van der Waals surface area contributed by atoms with Crippen LogP contribution in [0.15, 0.2) is 17.4 Å². The number of nitrogens with one attached hydrogen (secondary N) is 3. The minimum absolute atomic E-state index is 0.263. The first kappa shape index (κ1) is 16.1. The Hall–Kier alpha value is -0.870. The number of rotatable bonds is 11. The fourth-order valence-electron chi connectivity index (χ4n) is 1.23. The molecule has 0 bridgehead atoms. The lowest BCUT2D eigenvalue weighted by Gasteiger charge is -2.03. The monoisotopic (exact) mass is 258 g/mol. The Balaban J connectivity index is 3.36. The van der Waals surface area contributed by atoms with Crippen molar-refractivity contribution >= 4 is 23.5 Å². The maximum Gasteiger partial charge on any atom is 0.0727 e. The van der Waals surface area contributed by atoms with E-state index in [9.17, 15) is 0 Å². The van der Waals surface area contributed by atoms with Gasteiger partial charge < -0.3 is 10.8 Å². The average molecular weight is 259 g/mol. The number of halogens is 1. The van der Waals surface area contributed by atoms with Crippen LogP contribution >= 0.6 is 11.6 Å². The van der Waals surface area contributed by atoms with Gasteiger partial charge in [0.15, 0.2) is 0 Å². The van der Waals surface area contributed by atoms with E-state index >= 15 is 0 Å². The molecule has 5 heteroatoms. The van der Waals surface area contributed by atoms with Gasteiger partial charge in [-0.25, -0.2) is 5.43 Å². The van der Waals surface area contributed by atoms with Gasteiger partial charge in [-0.15, -0.1) is 11.6 Å². The van der Waals surface area contributed by atoms with Gasteiger partial charge >= 0.3 is 0 Å². The summed E-state index contributed by atoms with van der Waals surface area (Å²) in [6.45, 7) is 3.17. The fraction of sp³-hybridized carbons (Fsp3) is 0.667. The predicted octanol–water partition coefficient (Wildman–Crippen LogP) is 2.85. The SMILES string of the molecule is CCCCCCCNN/C=C\N=C(\C=N)CCl. The third-order valence-corrected chi connectivity index (χ3v) is 2.48. The fourth-order valence-corrected chi connectivity index (χ4v) is 1.37. The molecule has 0 amide bonds. The van der Waals surface area contributed by atoms with Gasteiger partial charge in [-0.2, -0.15) is 0 Å². The maximum absolute atomic E-state index is 6.98. The highest BCUT2D eigenvalue weighted by Crippen LogP contribution is 2.00. The first-order chi connectivity index (χ1) is 8.35. The van der Waals surface area contributed by atoms with Gasteiger partial charge in [0, 0.05) is 25.2 Å². The van der Waals surface area contributed by atoms with Crippen LogP contribution in [0.2, 0.25) is 0 Å². The molecule has 0 aromatic carbocycles. The van der Waals surface area contributed by atoms with Gasteiger partial charge in [0.1, 0.15) is 0 Å². The lowest BCUT2D eigenvalue weighted by atomic mass is 10.2. The van der Waals surface area contributed by atoms with Gasteiger partial charge in [-0.05, 0) is 6.42 Å². The zero-order chi connectivity index (χ0) is 12.8. The van der Waals surface area contributed by atoms with Gasteiger partial charge in [0.25, 0.3) is 0 Å². The Morgan fingerprint density at radius 1 is 1.29 bits per heavy atom. The quantitative estimate of drug-likeness (QED) is 0.231. The smallest absolute Gasteiger partial charge is 0.0727 e. The number of aliphatic imine (C=N–C) groups is 1. The van der Waals surface area contributed by atoms with Crippen LogP contribution in [-0.4, -0.2) is 24.4 Å². The number of nitrogens with zero attached hydrogens (tertiary/aromatic N) is 1. The molecule has 0 aliphatic heterocycles. The zero-order valence-corrected chi connectivity index (χ0v) is 11.3. The number of hydrazine groups is 1. The number of unbranched alkanes of at least 4 members (excludes halogenated alkanes) is 4. The van der Waals surface area contributed by atoms with Crippen LogP contribution in [0.1, 0.15) is 39.0 Å². The van der Waals surface area contributed by atoms with E-state index in [1.54, 1.807) is 12.4 Å². The van der Waals surface area contributed by atoms with E-state index in [0.717, 1.165) is 12.8 Å². The van der Waals surface area contributed by atoms with Crippen LogP contribution in [0.25, 0.3) is 0 Å². The van der Waals surface area contributed by atoms with Crippen LogP contribution < -0.4 is 10.9 Å². The van der Waals surface area contributed by atoms with E-state index in [1.807, 2.05) is 0 Å². The summed E-state index contributed by atoms with van der Waals surface area (Å²) in [5.41, 5.74) is 6.55. The van der Waals surface area contributed by atoms with Crippen molar-refractivity contribution in [3.8, 4) is 0 Å². The third kappa shape index (κ3) is 11.4. The second-order valence-corrected chi connectivity index (χ2v) is 3.97. The van der Waals surface area contributed by atoms with Gasteiger partial charge in [-0.1, -0.05) is 32.6 Å². The van der Waals surface area contributed by atoms with Gasteiger partial charge in [0.2, 0.25) is 0 Å². The molecule has 0 aromatic heterocycles. The number of hydrogen-bond acceptors (Lipinski definition) is 4. The van der Waals surface area contributed by atoms with Crippen molar-refractivity contribution in [1.29, 1.82) is 5.41 Å². The van der Waals surface area contributed by atoms with Crippen molar-refractivity contribution < 1.29 is 0 Å². The Morgan fingerprint density at radius 2 is 2.06 bits per heavy atom. The summed E-state index contributed by atoms with van der Waals surface area (Å²) in [4.78, 5) is 3.98. The lowest BCUT2D eigenvalue weighted by molar-refractivity contribution is 0.556. The first-order valence-electron chi connectivity index (χ1n) is 6.11. The topological polar surface area (TPSA) is 60.3 Å². The summed E-state index contributed by atoms with van der Waals surface area (Å²) < 4.78 is 0. The van der Waals surface area contributed by atoms with Crippen LogP contribution in [0.4, 0.5) is 0 Å². The maximum atomic E-state index is 6.98. The van der Waals surface area contributed by atoms with Crippen molar-refractivity contribution in [2.75, 3.05) is 12.4 Å². The zero-order valence-electron chi connectivity index (χ0n) is 10.5. The van der Waals surface area contributed by atoms with Crippen LogP contribution in [-0.2, 0) is 0 Å². The minimum Gasteiger partial charge on any atom is -0.327 e. The molecule has 98 valence electrons. The molecule has 3 N–H and O–H groups in total. The van der Waals surface area contributed by atoms with E-state index in [0.29, 0.717) is 5.71 Å². The van der Waals surface area contributed by atoms with Crippen LogP contribution in [0.5, 0.6) is 0 Å². The summed E-state index contributed by atoms with van der Waals surface area (Å²) in [5, 5.41) is 6.98. The molecule has 0 rings (SSSR count). The Kier molecular flexibility index (Phi) is 12.5. The molecule has 0 heterocycles. The predicted molar refractivity (Wildman–Crippen MR) is 76.0 cm³/mol. The van der Waals surface area contributed by atoms with Gasteiger partial charge in [-0.3, -0.25) is 4.99 Å². The molecule has 0 radical (unpaired) electrons. The molecular formula is C12H23ClN4. The minimum atomic E-state index is 0.263. The molecule has 0 unspecified atom stereocenters. The van der Waals surface area contributed by atoms with Crippen molar-refractivity contribution in [3.63, 3.8) is 0 Å². The Labute approximate surface area is 109 Å². The molecule has 0 aromatic rings. The van der Waals surface area contributed by atoms with E-state index in [1.165, 1.54) is 32.1 Å². The summed E-state index contributed by atoms with van der Waals surface area (Å²) in [7, 11) is 0. The van der Waals surface area contributed by atoms with E-state index in [2.05, 4.69) is 22.8 Å². The molecule has 0 saturated carbocycles. The molecule has 0 aliphatic carbocycles. The number of hydrogen-bond donors (Lipinski definition) is 3. The Morgan fingerprint density at radius 3 is 2.71 bits per heavy atom. The molecule has 17 heavy (non-hydrogen) atoms. The van der Waals surface area contributed by atoms with Crippen molar-refractivity contribution in [3.05, 3.63) is 12.4 Å². The van der Waals surface area contributed by atoms with E-state index < -0.39 is 0 Å². The highest BCUT2D eigenvalue weighted by Gasteiger charge is 1.88. The number of alkyl halides is 1. The van der Waals surface area contributed by atoms with Crippen molar-refractivity contribution in [2.24, 2.45) is 4.99 Å².